The van der Waals surface area contributed by atoms with Crippen LogP contribution in [-0.4, -0.2) is 34.9 Å². The average Bonchev–Trinajstić information content (AvgIpc) is 2.57. The Kier molecular flexibility index (Phi) is 3.48. The van der Waals surface area contributed by atoms with Crippen LogP contribution in [0.3, 0.4) is 0 Å². The van der Waals surface area contributed by atoms with Gasteiger partial charge in [0.25, 0.3) is 5.91 Å². The quantitative estimate of drug-likeness (QED) is 0.602. The standard InChI is InChI=1S/C14H16N2OS/c1-4-10-5-7-11(8-6-10)9-12-13(17)16(3)14(18)15(12)2/h5-9H,4H2,1-3H3. The van der Waals surface area contributed by atoms with Crippen LogP contribution in [0.25, 0.3) is 6.08 Å². The molecule has 18 heavy (non-hydrogen) atoms. The molecule has 0 atom stereocenters. The van der Waals surface area contributed by atoms with Gasteiger partial charge in [-0.15, -0.1) is 0 Å². The molecule has 1 fully saturated rings. The highest BCUT2D eigenvalue weighted by atomic mass is 32.1. The molecule has 1 aromatic rings. The summed E-state index contributed by atoms with van der Waals surface area (Å²) in [5, 5.41) is 0.538. The van der Waals surface area contributed by atoms with E-state index in [-0.39, 0.29) is 5.91 Å². The molecule has 1 aliphatic heterocycles. The van der Waals surface area contributed by atoms with Crippen LogP contribution in [0.5, 0.6) is 0 Å². The summed E-state index contributed by atoms with van der Waals surface area (Å²) in [6.45, 7) is 2.12. The van der Waals surface area contributed by atoms with Gasteiger partial charge in [0, 0.05) is 14.1 Å². The minimum Gasteiger partial charge on any atom is -0.317 e. The Morgan fingerprint density at radius 1 is 1.17 bits per heavy atom. The third-order valence-corrected chi connectivity index (χ3v) is 3.70. The van der Waals surface area contributed by atoms with Crippen molar-refractivity contribution in [2.24, 2.45) is 0 Å². The van der Waals surface area contributed by atoms with Crippen LogP contribution >= 0.6 is 12.2 Å². The molecule has 1 aromatic carbocycles. The van der Waals surface area contributed by atoms with Crippen molar-refractivity contribution >= 4 is 29.3 Å². The number of amides is 1. The number of likely N-dealkylation sites (N-methyl/N-ethyl adjacent to an activating group) is 2. The minimum atomic E-state index is -0.0536. The second-order valence-corrected chi connectivity index (χ2v) is 4.70. The van der Waals surface area contributed by atoms with Crippen molar-refractivity contribution in [2.45, 2.75) is 13.3 Å². The Labute approximate surface area is 113 Å². The van der Waals surface area contributed by atoms with Crippen molar-refractivity contribution in [2.75, 3.05) is 14.1 Å². The Hall–Kier alpha value is -1.68. The number of hydrogen-bond donors (Lipinski definition) is 0. The zero-order chi connectivity index (χ0) is 13.3. The molecule has 0 saturated carbocycles. The number of carbonyl (C=O) groups excluding carboxylic acids is 1. The lowest BCUT2D eigenvalue weighted by Crippen LogP contribution is -2.26. The molecule has 1 aliphatic rings. The van der Waals surface area contributed by atoms with Gasteiger partial charge in [0.1, 0.15) is 5.70 Å². The SMILES string of the molecule is CCc1ccc(C=C2C(=O)N(C)C(=S)N2C)cc1. The zero-order valence-corrected chi connectivity index (χ0v) is 11.6. The number of hydrogen-bond acceptors (Lipinski definition) is 2. The van der Waals surface area contributed by atoms with Gasteiger partial charge in [-0.1, -0.05) is 31.2 Å². The maximum atomic E-state index is 12.0. The van der Waals surface area contributed by atoms with Gasteiger partial charge in [-0.25, -0.2) is 0 Å². The van der Waals surface area contributed by atoms with Crippen LogP contribution in [0, 0.1) is 0 Å². The maximum Gasteiger partial charge on any atom is 0.276 e. The second kappa shape index (κ2) is 4.90. The summed E-state index contributed by atoms with van der Waals surface area (Å²) in [6, 6.07) is 8.20. The number of aryl methyl sites for hydroxylation is 1. The lowest BCUT2D eigenvalue weighted by molar-refractivity contribution is -0.121. The van der Waals surface area contributed by atoms with Gasteiger partial charge in [-0.3, -0.25) is 9.69 Å². The molecular weight excluding hydrogens is 244 g/mol. The Bertz CT molecular complexity index is 519. The fourth-order valence-corrected chi connectivity index (χ4v) is 2.08. The number of thiocarbonyl (C=S) groups is 1. The number of benzene rings is 1. The van der Waals surface area contributed by atoms with E-state index in [1.165, 1.54) is 10.5 Å². The van der Waals surface area contributed by atoms with E-state index < -0.39 is 0 Å². The van der Waals surface area contributed by atoms with Crippen molar-refractivity contribution in [3.63, 3.8) is 0 Å². The van der Waals surface area contributed by atoms with E-state index in [1.54, 1.807) is 11.9 Å². The fourth-order valence-electron chi connectivity index (χ4n) is 1.90. The first-order valence-corrected chi connectivity index (χ1v) is 6.31. The van der Waals surface area contributed by atoms with E-state index in [0.29, 0.717) is 10.8 Å². The van der Waals surface area contributed by atoms with Gasteiger partial charge in [0.05, 0.1) is 0 Å². The maximum absolute atomic E-state index is 12.0. The molecule has 2 rings (SSSR count). The molecule has 1 saturated heterocycles. The summed E-state index contributed by atoms with van der Waals surface area (Å²) in [5.74, 6) is -0.0536. The van der Waals surface area contributed by atoms with Gasteiger partial charge in [0.15, 0.2) is 5.11 Å². The number of carbonyl (C=O) groups is 1. The summed E-state index contributed by atoms with van der Waals surface area (Å²) >= 11 is 5.16. The molecule has 0 spiro atoms. The monoisotopic (exact) mass is 260 g/mol. The first-order valence-electron chi connectivity index (χ1n) is 5.91. The number of rotatable bonds is 2. The highest BCUT2D eigenvalue weighted by Gasteiger charge is 2.32. The lowest BCUT2D eigenvalue weighted by atomic mass is 10.1. The predicted octanol–water partition coefficient (Wildman–Crippen LogP) is 2.28. The summed E-state index contributed by atoms with van der Waals surface area (Å²) in [6.07, 6.45) is 2.89. The van der Waals surface area contributed by atoms with Gasteiger partial charge in [-0.2, -0.15) is 0 Å². The number of nitrogens with zero attached hydrogens (tertiary/aromatic N) is 2. The van der Waals surface area contributed by atoms with Crippen molar-refractivity contribution in [1.82, 2.24) is 9.80 Å². The highest BCUT2D eigenvalue weighted by Crippen LogP contribution is 2.20. The zero-order valence-electron chi connectivity index (χ0n) is 10.8. The van der Waals surface area contributed by atoms with Crippen molar-refractivity contribution < 1.29 is 4.79 Å². The van der Waals surface area contributed by atoms with Gasteiger partial charge in [-0.05, 0) is 35.8 Å². The van der Waals surface area contributed by atoms with E-state index in [2.05, 4.69) is 19.1 Å². The molecule has 0 bridgehead atoms. The van der Waals surface area contributed by atoms with E-state index >= 15 is 0 Å². The third-order valence-electron chi connectivity index (χ3n) is 3.15. The van der Waals surface area contributed by atoms with E-state index in [1.807, 2.05) is 25.3 Å². The molecule has 0 N–H and O–H groups in total. The smallest absolute Gasteiger partial charge is 0.276 e. The van der Waals surface area contributed by atoms with Gasteiger partial charge >= 0.3 is 0 Å². The Morgan fingerprint density at radius 2 is 1.78 bits per heavy atom. The van der Waals surface area contributed by atoms with Crippen LogP contribution in [0.4, 0.5) is 0 Å². The second-order valence-electron chi connectivity index (χ2n) is 4.33. The Morgan fingerprint density at radius 3 is 2.22 bits per heavy atom. The van der Waals surface area contributed by atoms with E-state index in [0.717, 1.165) is 12.0 Å². The summed E-state index contributed by atoms with van der Waals surface area (Å²) in [5.41, 5.74) is 2.92. The largest absolute Gasteiger partial charge is 0.317 e. The van der Waals surface area contributed by atoms with E-state index in [9.17, 15) is 4.79 Å². The molecule has 3 nitrogen and oxygen atoms in total. The topological polar surface area (TPSA) is 23.6 Å². The highest BCUT2D eigenvalue weighted by molar-refractivity contribution is 7.80. The summed E-state index contributed by atoms with van der Waals surface area (Å²) < 4.78 is 0. The van der Waals surface area contributed by atoms with Crippen LogP contribution < -0.4 is 0 Å². The molecule has 0 aromatic heterocycles. The molecule has 0 unspecified atom stereocenters. The average molecular weight is 260 g/mol. The van der Waals surface area contributed by atoms with Crippen LogP contribution in [0.1, 0.15) is 18.1 Å². The van der Waals surface area contributed by atoms with Crippen LogP contribution in [0.15, 0.2) is 30.0 Å². The summed E-state index contributed by atoms with van der Waals surface area (Å²) in [4.78, 5) is 15.2. The van der Waals surface area contributed by atoms with Gasteiger partial charge < -0.3 is 4.90 Å². The molecule has 0 aliphatic carbocycles. The lowest BCUT2D eigenvalue weighted by Gasteiger charge is -2.11. The minimum absolute atomic E-state index is 0.0536. The predicted molar refractivity (Wildman–Crippen MR) is 76.9 cm³/mol. The molecule has 94 valence electrons. The van der Waals surface area contributed by atoms with E-state index in [4.69, 9.17) is 12.2 Å². The molecule has 4 heteroatoms. The Balaban J connectivity index is 2.32. The van der Waals surface area contributed by atoms with Crippen LogP contribution in [-0.2, 0) is 11.2 Å². The first-order chi connectivity index (χ1) is 8.54. The van der Waals surface area contributed by atoms with Gasteiger partial charge in [0.2, 0.25) is 0 Å². The molecule has 1 heterocycles. The van der Waals surface area contributed by atoms with Crippen LogP contribution in [0.2, 0.25) is 0 Å². The third kappa shape index (κ3) is 2.16. The molecule has 0 radical (unpaired) electrons. The van der Waals surface area contributed by atoms with Crippen molar-refractivity contribution in [3.8, 4) is 0 Å². The summed E-state index contributed by atoms with van der Waals surface area (Å²) in [7, 11) is 3.51. The van der Waals surface area contributed by atoms with Crippen molar-refractivity contribution in [3.05, 3.63) is 41.1 Å². The fraction of sp³-hybridized carbons (Fsp3) is 0.286. The first kappa shape index (κ1) is 12.8. The molecule has 1 amide bonds. The molecular formula is C14H16N2OS. The normalized spacial score (nSPS) is 18.1. The van der Waals surface area contributed by atoms with Crippen molar-refractivity contribution in [1.29, 1.82) is 0 Å².